The number of halogens is 1. The lowest BCUT2D eigenvalue weighted by Gasteiger charge is -2.06. The van der Waals surface area contributed by atoms with Crippen molar-refractivity contribution in [2.75, 3.05) is 23.9 Å². The second kappa shape index (κ2) is 5.81. The second-order valence-electron chi connectivity index (χ2n) is 3.10. The molecule has 1 atom stereocenters. The number of anilines is 1. The van der Waals surface area contributed by atoms with Crippen molar-refractivity contribution < 1.29 is 9.13 Å². The summed E-state index contributed by atoms with van der Waals surface area (Å²) in [6.07, 6.45) is 1.58. The van der Waals surface area contributed by atoms with Gasteiger partial charge < -0.3 is 5.32 Å². The molecule has 1 aromatic carbocycles. The third kappa shape index (κ3) is 3.46. The highest BCUT2D eigenvalue weighted by molar-refractivity contribution is 7.84. The number of rotatable bonds is 5. The molecule has 0 saturated heterocycles. The molecule has 0 radical (unpaired) electrons. The molecule has 0 spiro atoms. The van der Waals surface area contributed by atoms with Gasteiger partial charge in [-0.25, -0.2) is 0 Å². The van der Waals surface area contributed by atoms with E-state index in [1.807, 2.05) is 0 Å². The molecule has 0 aromatic heterocycles. The first kappa shape index (κ1) is 12.9. The summed E-state index contributed by atoms with van der Waals surface area (Å²) in [5.41, 5.74) is 0.203. The second-order valence-corrected chi connectivity index (χ2v) is 5.06. The Kier molecular flexibility index (Phi) is 4.70. The number of hydrogen-bond acceptors (Lipinski definition) is 4. The molecule has 16 heavy (non-hydrogen) atoms. The van der Waals surface area contributed by atoms with E-state index in [0.717, 1.165) is 0 Å². The van der Waals surface area contributed by atoms with E-state index in [2.05, 4.69) is 5.32 Å². The van der Waals surface area contributed by atoms with Gasteiger partial charge in [-0.05, 0) is 12.1 Å². The van der Waals surface area contributed by atoms with Crippen LogP contribution in [0.15, 0.2) is 18.2 Å². The maximum Gasteiger partial charge on any atom is 0.310 e. The summed E-state index contributed by atoms with van der Waals surface area (Å²) in [6, 6.07) is 4.66. The number of para-hydroxylation sites is 1. The van der Waals surface area contributed by atoms with Gasteiger partial charge in [0.25, 0.3) is 0 Å². The monoisotopic (exact) mass is 262 g/mol. The van der Waals surface area contributed by atoms with Crippen molar-refractivity contribution in [3.05, 3.63) is 33.3 Å². The molecule has 88 valence electrons. The lowest BCUT2D eigenvalue weighted by Crippen LogP contribution is -2.11. The molecule has 0 amide bonds. The van der Waals surface area contributed by atoms with Crippen molar-refractivity contribution in [1.82, 2.24) is 0 Å². The van der Waals surface area contributed by atoms with Crippen LogP contribution < -0.4 is 5.32 Å². The molecule has 5 nitrogen and oxygen atoms in total. The van der Waals surface area contributed by atoms with Crippen LogP contribution in [0.2, 0.25) is 5.02 Å². The first-order valence-corrected chi connectivity index (χ1v) is 6.59. The first-order chi connectivity index (χ1) is 7.52. The van der Waals surface area contributed by atoms with Crippen LogP contribution in [0.4, 0.5) is 11.4 Å². The Morgan fingerprint density at radius 1 is 1.56 bits per heavy atom. The number of nitro benzene ring substituents is 1. The van der Waals surface area contributed by atoms with E-state index >= 15 is 0 Å². The summed E-state index contributed by atoms with van der Waals surface area (Å²) in [6.45, 7) is 0.407. The summed E-state index contributed by atoms with van der Waals surface area (Å²) in [4.78, 5) is 10.2. The van der Waals surface area contributed by atoms with Gasteiger partial charge >= 0.3 is 5.69 Å². The highest BCUT2D eigenvalue weighted by Gasteiger charge is 2.17. The summed E-state index contributed by atoms with van der Waals surface area (Å²) in [5.74, 6) is 0.434. The van der Waals surface area contributed by atoms with Crippen molar-refractivity contribution in [3.8, 4) is 0 Å². The average Bonchev–Trinajstić information content (AvgIpc) is 2.16. The third-order valence-electron chi connectivity index (χ3n) is 1.87. The van der Waals surface area contributed by atoms with E-state index in [1.165, 1.54) is 6.07 Å². The SMILES string of the molecule is CS(=O)CCNc1cccc(Cl)c1[N+](=O)[O-]. The molecule has 1 rings (SSSR count). The molecule has 0 saturated carbocycles. The van der Waals surface area contributed by atoms with Crippen molar-refractivity contribution in [2.24, 2.45) is 0 Å². The molecule has 1 unspecified atom stereocenters. The lowest BCUT2D eigenvalue weighted by atomic mass is 10.2. The molecule has 0 aliphatic rings. The van der Waals surface area contributed by atoms with Crippen LogP contribution in [-0.2, 0) is 10.8 Å². The Morgan fingerprint density at radius 2 is 2.25 bits per heavy atom. The van der Waals surface area contributed by atoms with E-state index in [-0.39, 0.29) is 10.7 Å². The van der Waals surface area contributed by atoms with Crippen LogP contribution in [0, 0.1) is 10.1 Å². The highest BCUT2D eigenvalue weighted by atomic mass is 35.5. The number of nitrogens with zero attached hydrogens (tertiary/aromatic N) is 1. The fraction of sp³-hybridized carbons (Fsp3) is 0.333. The van der Waals surface area contributed by atoms with Gasteiger partial charge in [-0.15, -0.1) is 0 Å². The summed E-state index contributed by atoms with van der Waals surface area (Å²) < 4.78 is 10.8. The Morgan fingerprint density at radius 3 is 2.81 bits per heavy atom. The Balaban J connectivity index is 2.83. The lowest BCUT2D eigenvalue weighted by molar-refractivity contribution is -0.383. The first-order valence-electron chi connectivity index (χ1n) is 4.49. The summed E-state index contributed by atoms with van der Waals surface area (Å²) >= 11 is 5.72. The van der Waals surface area contributed by atoms with E-state index in [4.69, 9.17) is 11.6 Å². The maximum absolute atomic E-state index is 10.8. The predicted molar refractivity (Wildman–Crippen MR) is 65.5 cm³/mol. The minimum absolute atomic E-state index is 0.0904. The number of hydrogen-bond donors (Lipinski definition) is 1. The molecule has 0 aliphatic heterocycles. The van der Waals surface area contributed by atoms with Gasteiger partial charge in [0.05, 0.1) is 4.92 Å². The zero-order chi connectivity index (χ0) is 12.1. The topological polar surface area (TPSA) is 72.2 Å². The zero-order valence-corrected chi connectivity index (χ0v) is 10.2. The van der Waals surface area contributed by atoms with Crippen LogP contribution in [0.5, 0.6) is 0 Å². The maximum atomic E-state index is 10.8. The van der Waals surface area contributed by atoms with Crippen molar-refractivity contribution in [1.29, 1.82) is 0 Å². The largest absolute Gasteiger partial charge is 0.379 e. The van der Waals surface area contributed by atoms with Gasteiger partial charge in [0.2, 0.25) is 0 Å². The predicted octanol–water partition coefficient (Wildman–Crippen LogP) is 2.04. The molecule has 0 heterocycles. The van der Waals surface area contributed by atoms with Gasteiger partial charge in [-0.3, -0.25) is 14.3 Å². The molecular formula is C9H11ClN2O3S. The van der Waals surface area contributed by atoms with Crippen LogP contribution in [0.1, 0.15) is 0 Å². The van der Waals surface area contributed by atoms with Gasteiger partial charge in [0.1, 0.15) is 10.7 Å². The van der Waals surface area contributed by atoms with E-state index in [9.17, 15) is 14.3 Å². The van der Waals surface area contributed by atoms with E-state index < -0.39 is 15.7 Å². The third-order valence-corrected chi connectivity index (χ3v) is 2.96. The van der Waals surface area contributed by atoms with Crippen LogP contribution in [0.3, 0.4) is 0 Å². The molecule has 1 aromatic rings. The molecular weight excluding hydrogens is 252 g/mol. The molecule has 0 bridgehead atoms. The zero-order valence-electron chi connectivity index (χ0n) is 8.60. The van der Waals surface area contributed by atoms with Gasteiger partial charge in [-0.2, -0.15) is 0 Å². The normalized spacial score (nSPS) is 12.1. The molecule has 7 heteroatoms. The number of nitro groups is 1. The van der Waals surface area contributed by atoms with Crippen LogP contribution in [0.25, 0.3) is 0 Å². The summed E-state index contributed by atoms with van der Waals surface area (Å²) in [7, 11) is -0.927. The quantitative estimate of drug-likeness (QED) is 0.651. The number of nitrogens with one attached hydrogen (secondary N) is 1. The molecule has 0 fully saturated rings. The number of benzene rings is 1. The van der Waals surface area contributed by atoms with Crippen molar-refractivity contribution in [2.45, 2.75) is 0 Å². The van der Waals surface area contributed by atoms with E-state index in [0.29, 0.717) is 18.0 Å². The smallest absolute Gasteiger partial charge is 0.310 e. The minimum Gasteiger partial charge on any atom is -0.379 e. The summed E-state index contributed by atoms with van der Waals surface area (Å²) in [5, 5.41) is 13.7. The van der Waals surface area contributed by atoms with E-state index in [1.54, 1.807) is 18.4 Å². The molecule has 0 aliphatic carbocycles. The van der Waals surface area contributed by atoms with Gasteiger partial charge in [0.15, 0.2) is 0 Å². The Labute approximate surface area is 100 Å². The Bertz CT molecular complexity index is 425. The standard InChI is InChI=1S/C9H11ClN2O3S/c1-16(15)6-5-11-8-4-2-3-7(10)9(8)12(13)14/h2-4,11H,5-6H2,1H3. The van der Waals surface area contributed by atoms with Crippen LogP contribution in [-0.4, -0.2) is 27.7 Å². The van der Waals surface area contributed by atoms with Crippen molar-refractivity contribution >= 4 is 33.8 Å². The molecule has 1 N–H and O–H groups in total. The van der Waals surface area contributed by atoms with Gasteiger partial charge in [0, 0.05) is 29.4 Å². The van der Waals surface area contributed by atoms with Crippen molar-refractivity contribution in [3.63, 3.8) is 0 Å². The fourth-order valence-electron chi connectivity index (χ4n) is 1.17. The van der Waals surface area contributed by atoms with Gasteiger partial charge in [-0.1, -0.05) is 17.7 Å². The fourth-order valence-corrected chi connectivity index (χ4v) is 1.81. The minimum atomic E-state index is -0.927. The average molecular weight is 263 g/mol. The highest BCUT2D eigenvalue weighted by Crippen LogP contribution is 2.31. The van der Waals surface area contributed by atoms with Crippen LogP contribution >= 0.6 is 11.6 Å². The Hall–Kier alpha value is -1.14.